The molecule has 2 fully saturated rings. The lowest BCUT2D eigenvalue weighted by Gasteiger charge is -2.55. The average Bonchev–Trinajstić information content (AvgIpc) is 2.69. The Morgan fingerprint density at radius 1 is 0.282 bits per heavy atom. The highest BCUT2D eigenvalue weighted by Gasteiger charge is 3.04. The van der Waals surface area contributed by atoms with Crippen molar-refractivity contribution in [1.29, 1.82) is 0 Å². The van der Waals surface area contributed by atoms with Crippen LogP contribution < -0.4 is 0 Å². The minimum Gasteiger partial charge on any atom is -0.352 e. The van der Waals surface area contributed by atoms with Crippen molar-refractivity contribution in [3.63, 3.8) is 0 Å². The van der Waals surface area contributed by atoms with E-state index in [2.05, 4.69) is 8.85 Å². The van der Waals surface area contributed by atoms with Crippen LogP contribution in [0, 0.1) is 0 Å². The molecule has 0 aromatic heterocycles. The molecule has 0 bridgehead atoms. The first-order chi connectivity index (χ1) is 16.4. The predicted octanol–water partition coefficient (Wildman–Crippen LogP) is 7.43. The first-order valence-corrected chi connectivity index (χ1v) is 11.8. The normalized spacial score (nSPS) is 33.2. The first kappa shape index (κ1) is 33.8. The zero-order valence-corrected chi connectivity index (χ0v) is 18.6. The summed E-state index contributed by atoms with van der Waals surface area (Å²) in [6.45, 7) is -1.69. The largest absolute Gasteiger partial charge is 0.384 e. The predicted molar refractivity (Wildman–Crippen MR) is 76.8 cm³/mol. The molecule has 0 aliphatic heterocycles. The molecule has 0 spiro atoms. The van der Waals surface area contributed by atoms with Crippen LogP contribution in [-0.4, -0.2) is 79.5 Å². The maximum absolute atomic E-state index is 14.7. The molecular weight excluding hydrogens is 646 g/mol. The minimum atomic E-state index is -8.00. The van der Waals surface area contributed by atoms with Crippen molar-refractivity contribution in [2.75, 3.05) is 0 Å². The third-order valence-corrected chi connectivity index (χ3v) is 7.09. The first-order valence-electron chi connectivity index (χ1n) is 8.97. The summed E-state index contributed by atoms with van der Waals surface area (Å²) < 4.78 is 307. The van der Waals surface area contributed by atoms with Crippen molar-refractivity contribution in [3.8, 4) is 0 Å². The highest BCUT2D eigenvalue weighted by Crippen LogP contribution is 2.72. The SMILES string of the molecule is C[Si](C)(OC1(F)C(F)(F)C(F)(F)C(F)(F)C(F)(F)C1(F)F)OC1(F)C(F)(F)C(F)(F)C(F)(F)C(F)(F)C1(F)F. The van der Waals surface area contributed by atoms with Crippen LogP contribution in [0.4, 0.5) is 96.6 Å². The van der Waals surface area contributed by atoms with Crippen molar-refractivity contribution in [1.82, 2.24) is 0 Å². The molecule has 0 N–H and O–H groups in total. The van der Waals surface area contributed by atoms with E-state index < -0.39 is 92.6 Å². The van der Waals surface area contributed by atoms with Crippen molar-refractivity contribution in [3.05, 3.63) is 0 Å². The van der Waals surface area contributed by atoms with Gasteiger partial charge in [-0.3, -0.25) is 0 Å². The van der Waals surface area contributed by atoms with E-state index in [1.807, 2.05) is 0 Å². The van der Waals surface area contributed by atoms with Crippen LogP contribution >= 0.6 is 0 Å². The van der Waals surface area contributed by atoms with Gasteiger partial charge in [-0.25, -0.2) is 0 Å². The zero-order valence-electron chi connectivity index (χ0n) is 17.6. The molecule has 2 nitrogen and oxygen atoms in total. The Labute approximate surface area is 199 Å². The lowest BCUT2D eigenvalue weighted by molar-refractivity contribution is -0.525. The second-order valence-corrected chi connectivity index (χ2v) is 11.7. The van der Waals surface area contributed by atoms with Crippen LogP contribution in [-0.2, 0) is 8.85 Å². The van der Waals surface area contributed by atoms with Gasteiger partial charge in [0.2, 0.25) is 0 Å². The lowest BCUT2D eigenvalue weighted by Crippen LogP contribution is -2.87. The molecule has 0 radical (unpaired) electrons. The van der Waals surface area contributed by atoms with Crippen LogP contribution in [0.3, 0.4) is 0 Å². The highest BCUT2D eigenvalue weighted by atomic mass is 28.4. The van der Waals surface area contributed by atoms with Gasteiger partial charge in [-0.2, -0.15) is 96.6 Å². The Morgan fingerprint density at radius 3 is 0.564 bits per heavy atom. The summed E-state index contributed by atoms with van der Waals surface area (Å²) in [6.07, 6.45) is 0. The molecule has 0 aromatic rings. The average molecular weight is 652 g/mol. The van der Waals surface area contributed by atoms with Gasteiger partial charge in [0, 0.05) is 0 Å². The van der Waals surface area contributed by atoms with Crippen LogP contribution in [0.2, 0.25) is 13.1 Å². The van der Waals surface area contributed by atoms with Crippen LogP contribution in [0.25, 0.3) is 0 Å². The Morgan fingerprint density at radius 2 is 0.410 bits per heavy atom. The quantitative estimate of drug-likeness (QED) is 0.233. The summed E-state index contributed by atoms with van der Waals surface area (Å²) in [5.41, 5.74) is 0. The summed E-state index contributed by atoms with van der Waals surface area (Å²) in [7, 11) is -7.21. The summed E-state index contributed by atoms with van der Waals surface area (Å²) in [6, 6.07) is 0. The molecule has 232 valence electrons. The Kier molecular flexibility index (Phi) is 6.51. The fraction of sp³-hybridized carbons (Fsp3) is 1.00. The van der Waals surface area contributed by atoms with E-state index in [4.69, 9.17) is 0 Å². The van der Waals surface area contributed by atoms with Gasteiger partial charge in [-0.05, 0) is 13.1 Å². The topological polar surface area (TPSA) is 18.5 Å². The number of alkyl halides is 22. The molecular formula is C14H6F22O2Si. The van der Waals surface area contributed by atoms with E-state index in [1.165, 1.54) is 0 Å². The highest BCUT2D eigenvalue weighted by molar-refractivity contribution is 6.64. The summed E-state index contributed by atoms with van der Waals surface area (Å²) >= 11 is 0. The maximum atomic E-state index is 14.7. The Hall–Kier alpha value is -1.40. The molecule has 39 heavy (non-hydrogen) atoms. The monoisotopic (exact) mass is 652 g/mol. The lowest BCUT2D eigenvalue weighted by atomic mass is 9.79. The van der Waals surface area contributed by atoms with E-state index in [9.17, 15) is 96.6 Å². The van der Waals surface area contributed by atoms with E-state index in [0.29, 0.717) is 0 Å². The van der Waals surface area contributed by atoms with Gasteiger partial charge in [0.15, 0.2) is 0 Å². The molecule has 0 aromatic carbocycles. The zero-order chi connectivity index (χ0) is 31.9. The van der Waals surface area contributed by atoms with E-state index in [1.54, 1.807) is 0 Å². The molecule has 2 rings (SSSR count). The molecule has 0 atom stereocenters. The van der Waals surface area contributed by atoms with Gasteiger partial charge in [-0.1, -0.05) is 0 Å². The van der Waals surface area contributed by atoms with E-state index >= 15 is 0 Å². The fourth-order valence-electron chi connectivity index (χ4n) is 3.34. The standard InChI is InChI=1S/C14H6F22O2Si/c1-39(2,37-13(35)9(27,28)5(19,20)3(15,16)6(21,22)10(13,29)30)38-14(36)11(31,32)7(23,24)4(17,18)8(25,26)12(14,33)34/h1-2H3. The van der Waals surface area contributed by atoms with Gasteiger partial charge in [-0.15, -0.1) is 0 Å². The van der Waals surface area contributed by atoms with Gasteiger partial charge >= 0.3 is 79.5 Å². The summed E-state index contributed by atoms with van der Waals surface area (Å²) in [5, 5.41) is 0. The maximum Gasteiger partial charge on any atom is 0.384 e. The second-order valence-electron chi connectivity index (χ2n) is 8.54. The van der Waals surface area contributed by atoms with Gasteiger partial charge in [0.1, 0.15) is 0 Å². The van der Waals surface area contributed by atoms with Crippen LogP contribution in [0.1, 0.15) is 0 Å². The van der Waals surface area contributed by atoms with Gasteiger partial charge in [0.05, 0.1) is 0 Å². The minimum absolute atomic E-state index is 0.847. The van der Waals surface area contributed by atoms with Crippen LogP contribution in [0.5, 0.6) is 0 Å². The number of hydrogen-bond acceptors (Lipinski definition) is 2. The molecule has 0 saturated heterocycles. The van der Waals surface area contributed by atoms with Crippen molar-refractivity contribution >= 4 is 8.56 Å². The number of rotatable bonds is 4. The molecule has 2 aliphatic rings. The smallest absolute Gasteiger partial charge is 0.352 e. The number of halogens is 22. The molecule has 0 unspecified atom stereocenters. The molecule has 25 heteroatoms. The van der Waals surface area contributed by atoms with Gasteiger partial charge < -0.3 is 8.85 Å². The van der Waals surface area contributed by atoms with E-state index in [0.717, 1.165) is 0 Å². The fourth-order valence-corrected chi connectivity index (χ4v) is 5.25. The molecule has 2 aliphatic carbocycles. The van der Waals surface area contributed by atoms with Crippen molar-refractivity contribution < 1.29 is 105 Å². The Bertz CT molecular complexity index is 878. The summed E-state index contributed by atoms with van der Waals surface area (Å²) in [5.74, 6) is -95.1. The Balaban J connectivity index is 2.80. The van der Waals surface area contributed by atoms with Crippen LogP contribution in [0.15, 0.2) is 0 Å². The second kappa shape index (κ2) is 7.51. The van der Waals surface area contributed by atoms with Gasteiger partial charge in [0.25, 0.3) is 0 Å². The number of hydrogen-bond donors (Lipinski definition) is 0. The van der Waals surface area contributed by atoms with E-state index in [-0.39, 0.29) is 0 Å². The summed E-state index contributed by atoms with van der Waals surface area (Å²) in [4.78, 5) is 0. The third-order valence-electron chi connectivity index (χ3n) is 5.54. The van der Waals surface area contributed by atoms with Crippen molar-refractivity contribution in [2.24, 2.45) is 0 Å². The molecule has 0 heterocycles. The van der Waals surface area contributed by atoms with Crippen molar-refractivity contribution in [2.45, 2.75) is 84.0 Å². The molecule has 2 saturated carbocycles. The molecule has 0 amide bonds. The third kappa shape index (κ3) is 3.11.